The van der Waals surface area contributed by atoms with Crippen molar-refractivity contribution < 1.29 is 4.39 Å². The van der Waals surface area contributed by atoms with Gasteiger partial charge in [-0.05, 0) is 85.8 Å². The molecule has 1 aliphatic rings. The van der Waals surface area contributed by atoms with Crippen LogP contribution in [0.4, 0.5) is 10.1 Å². The molecule has 31 heavy (non-hydrogen) atoms. The fourth-order valence-electron chi connectivity index (χ4n) is 4.58. The molecule has 4 heteroatoms. The summed E-state index contributed by atoms with van der Waals surface area (Å²) in [7, 11) is 0. The van der Waals surface area contributed by atoms with E-state index in [1.54, 1.807) is 6.07 Å². The molecule has 1 aliphatic carbocycles. The van der Waals surface area contributed by atoms with Gasteiger partial charge in [-0.2, -0.15) is 0 Å². The summed E-state index contributed by atoms with van der Waals surface area (Å²) in [6.45, 7) is 12.2. The van der Waals surface area contributed by atoms with Gasteiger partial charge >= 0.3 is 0 Å². The second-order valence-corrected chi connectivity index (χ2v) is 10.1. The first-order chi connectivity index (χ1) is 14.6. The minimum atomic E-state index is -0.433. The van der Waals surface area contributed by atoms with Gasteiger partial charge in [0.2, 0.25) is 0 Å². The summed E-state index contributed by atoms with van der Waals surface area (Å²) in [4.78, 5) is -0.433. The number of nitrogens with one attached hydrogen (secondary N) is 1. The highest BCUT2D eigenvalue weighted by molar-refractivity contribution is 6.31. The van der Waals surface area contributed by atoms with Crippen LogP contribution in [-0.2, 0) is 0 Å². The smallest absolute Gasteiger partial charge is 0.131 e. The molecule has 3 unspecified atom stereocenters. The Kier molecular flexibility index (Phi) is 5.66. The summed E-state index contributed by atoms with van der Waals surface area (Å²) < 4.78 is 14.6. The summed E-state index contributed by atoms with van der Waals surface area (Å²) in [6, 6.07) is 17.3. The second-order valence-electron chi connectivity index (χ2n) is 8.83. The molecule has 0 saturated heterocycles. The van der Waals surface area contributed by atoms with Crippen LogP contribution in [0.2, 0.25) is 5.02 Å². The van der Waals surface area contributed by atoms with E-state index in [1.165, 1.54) is 0 Å². The lowest BCUT2D eigenvalue weighted by atomic mass is 9.98. The third-order valence-electron chi connectivity index (χ3n) is 6.20. The Balaban J connectivity index is 1.59. The van der Waals surface area contributed by atoms with Gasteiger partial charge in [-0.25, -0.2) is 4.39 Å². The molecule has 1 fully saturated rings. The molecule has 1 N–H and O–H groups in total. The van der Waals surface area contributed by atoms with Crippen LogP contribution in [-0.4, -0.2) is 4.87 Å². The van der Waals surface area contributed by atoms with Gasteiger partial charge in [0.05, 0.1) is 4.87 Å². The predicted molar refractivity (Wildman–Crippen MR) is 131 cm³/mol. The quantitative estimate of drug-likeness (QED) is 0.382. The molecule has 0 radical (unpaired) electrons. The molecule has 4 rings (SSSR count). The van der Waals surface area contributed by atoms with E-state index in [9.17, 15) is 4.39 Å². The lowest BCUT2D eigenvalue weighted by molar-refractivity contribution is 0.630. The van der Waals surface area contributed by atoms with E-state index >= 15 is 0 Å². The van der Waals surface area contributed by atoms with E-state index in [0.29, 0.717) is 5.56 Å². The molecule has 1 saturated carbocycles. The summed E-state index contributed by atoms with van der Waals surface area (Å²) >= 11 is 13.1. The maximum absolute atomic E-state index is 14.6. The number of alkyl halides is 1. The standard InChI is InChI=1S/C27H26Cl2FN/c1-15-6-9-22(24(30)12-15)23-14-21(8-7-17(23)3)31-18(4)25-26(27(25,5)29)19-10-16(2)11-20(28)13-19/h6-14,25-26,31H,4H2,1-3,5H3. The van der Waals surface area contributed by atoms with Crippen LogP contribution in [0.1, 0.15) is 35.1 Å². The Hall–Kier alpha value is -2.29. The molecular formula is C27H26Cl2FN. The van der Waals surface area contributed by atoms with Crippen LogP contribution in [0, 0.1) is 32.5 Å². The van der Waals surface area contributed by atoms with Crippen molar-refractivity contribution in [3.05, 3.63) is 100.0 Å². The summed E-state index contributed by atoms with van der Waals surface area (Å²) in [5.74, 6) is -0.0232. The van der Waals surface area contributed by atoms with E-state index < -0.39 is 4.87 Å². The Labute approximate surface area is 193 Å². The number of rotatable bonds is 5. The highest BCUT2D eigenvalue weighted by Gasteiger charge is 2.62. The number of hydrogen-bond donors (Lipinski definition) is 1. The maximum atomic E-state index is 14.6. The fraction of sp³-hybridized carbons (Fsp3) is 0.259. The second kappa shape index (κ2) is 8.00. The van der Waals surface area contributed by atoms with Gasteiger partial charge in [-0.3, -0.25) is 0 Å². The van der Waals surface area contributed by atoms with Crippen molar-refractivity contribution in [2.24, 2.45) is 5.92 Å². The highest BCUT2D eigenvalue weighted by Crippen LogP contribution is 2.64. The van der Waals surface area contributed by atoms with E-state index in [-0.39, 0.29) is 17.7 Å². The van der Waals surface area contributed by atoms with Gasteiger partial charge in [0.1, 0.15) is 5.82 Å². The van der Waals surface area contributed by atoms with Gasteiger partial charge in [0, 0.05) is 33.8 Å². The first-order valence-electron chi connectivity index (χ1n) is 10.4. The van der Waals surface area contributed by atoms with Crippen LogP contribution in [0.25, 0.3) is 11.1 Å². The zero-order valence-electron chi connectivity index (χ0n) is 18.2. The molecule has 0 bridgehead atoms. The summed E-state index contributed by atoms with van der Waals surface area (Å²) in [6.07, 6.45) is 0. The molecule has 3 aromatic carbocycles. The first kappa shape index (κ1) is 21.9. The van der Waals surface area contributed by atoms with Gasteiger partial charge in [-0.15, -0.1) is 11.6 Å². The summed E-state index contributed by atoms with van der Waals surface area (Å²) in [5.41, 5.74) is 7.33. The van der Waals surface area contributed by atoms with Crippen LogP contribution < -0.4 is 5.32 Å². The number of aryl methyl sites for hydroxylation is 3. The summed E-state index contributed by atoms with van der Waals surface area (Å²) in [5, 5.41) is 4.14. The Morgan fingerprint density at radius 1 is 0.968 bits per heavy atom. The third-order valence-corrected chi connectivity index (χ3v) is 6.89. The number of benzene rings is 3. The Morgan fingerprint density at radius 2 is 1.71 bits per heavy atom. The molecule has 3 aromatic rings. The van der Waals surface area contributed by atoms with Crippen molar-refractivity contribution in [1.29, 1.82) is 0 Å². The lowest BCUT2D eigenvalue weighted by Gasteiger charge is -2.14. The SMILES string of the molecule is C=C(Nc1ccc(C)c(-c2ccc(C)cc2F)c1)C1C(c2cc(C)cc(Cl)c2)C1(C)Cl. The molecule has 0 spiro atoms. The van der Waals surface area contributed by atoms with Crippen LogP contribution in [0.15, 0.2) is 66.9 Å². The fourth-order valence-corrected chi connectivity index (χ4v) is 5.32. The first-order valence-corrected chi connectivity index (χ1v) is 11.1. The van der Waals surface area contributed by atoms with E-state index in [2.05, 4.69) is 18.0 Å². The largest absolute Gasteiger partial charge is 0.359 e. The topological polar surface area (TPSA) is 12.0 Å². The number of halogens is 3. The zero-order chi connectivity index (χ0) is 22.5. The van der Waals surface area contributed by atoms with Crippen molar-refractivity contribution in [2.45, 2.75) is 38.5 Å². The number of anilines is 1. The van der Waals surface area contributed by atoms with Crippen molar-refractivity contribution in [3.8, 4) is 11.1 Å². The number of allylic oxidation sites excluding steroid dienone is 1. The molecular weight excluding hydrogens is 428 g/mol. The normalized spacial score (nSPS) is 22.3. The van der Waals surface area contributed by atoms with Gasteiger partial charge in [-0.1, -0.05) is 42.4 Å². The minimum Gasteiger partial charge on any atom is -0.359 e. The molecule has 3 atom stereocenters. The molecule has 0 aliphatic heterocycles. The average Bonchev–Trinajstić information content (AvgIpc) is 3.25. The van der Waals surface area contributed by atoms with Crippen LogP contribution >= 0.6 is 23.2 Å². The molecule has 0 aromatic heterocycles. The van der Waals surface area contributed by atoms with E-state index in [1.807, 2.05) is 70.2 Å². The maximum Gasteiger partial charge on any atom is 0.131 e. The predicted octanol–water partition coefficient (Wildman–Crippen LogP) is 8.41. The molecule has 0 amide bonds. The van der Waals surface area contributed by atoms with Gasteiger partial charge in [0.15, 0.2) is 0 Å². The van der Waals surface area contributed by atoms with E-state index in [4.69, 9.17) is 23.2 Å². The third kappa shape index (κ3) is 4.24. The zero-order valence-corrected chi connectivity index (χ0v) is 19.7. The van der Waals surface area contributed by atoms with E-state index in [0.717, 1.165) is 44.2 Å². The van der Waals surface area contributed by atoms with Crippen molar-refractivity contribution >= 4 is 28.9 Å². The monoisotopic (exact) mass is 453 g/mol. The molecule has 0 heterocycles. The van der Waals surface area contributed by atoms with Crippen LogP contribution in [0.3, 0.4) is 0 Å². The van der Waals surface area contributed by atoms with Crippen molar-refractivity contribution in [2.75, 3.05) is 5.32 Å². The Bertz CT molecular complexity index is 1160. The van der Waals surface area contributed by atoms with Crippen molar-refractivity contribution in [1.82, 2.24) is 0 Å². The van der Waals surface area contributed by atoms with Gasteiger partial charge in [0.25, 0.3) is 0 Å². The Morgan fingerprint density at radius 3 is 2.39 bits per heavy atom. The minimum absolute atomic E-state index is 0.0629. The van der Waals surface area contributed by atoms with Crippen molar-refractivity contribution in [3.63, 3.8) is 0 Å². The lowest BCUT2D eigenvalue weighted by Crippen LogP contribution is -2.05. The highest BCUT2D eigenvalue weighted by atomic mass is 35.5. The molecule has 160 valence electrons. The number of hydrogen-bond acceptors (Lipinski definition) is 1. The van der Waals surface area contributed by atoms with Gasteiger partial charge < -0.3 is 5.32 Å². The molecule has 1 nitrogen and oxygen atoms in total. The average molecular weight is 454 g/mol. The van der Waals surface area contributed by atoms with Crippen LogP contribution in [0.5, 0.6) is 0 Å².